The Labute approximate surface area is 167 Å². The molecule has 142 valence electrons. The lowest BCUT2D eigenvalue weighted by atomic mass is 9.59. The molecule has 1 unspecified atom stereocenters. The maximum Gasteiger partial charge on any atom is 0.223 e. The predicted molar refractivity (Wildman–Crippen MR) is 111 cm³/mol. The summed E-state index contributed by atoms with van der Waals surface area (Å²) < 4.78 is 0. The van der Waals surface area contributed by atoms with Crippen molar-refractivity contribution in [3.05, 3.63) is 70.8 Å². The van der Waals surface area contributed by atoms with Crippen LogP contribution in [0.5, 0.6) is 0 Å². The Morgan fingerprint density at radius 3 is 2.07 bits per heavy atom. The van der Waals surface area contributed by atoms with Gasteiger partial charge in [-0.15, -0.1) is 12.4 Å². The summed E-state index contributed by atoms with van der Waals surface area (Å²) in [6, 6.07) is 17.8. The number of halogens is 1. The Morgan fingerprint density at radius 2 is 1.48 bits per heavy atom. The largest absolute Gasteiger partial charge is 0.356 e. The molecular weight excluding hydrogens is 356 g/mol. The van der Waals surface area contributed by atoms with E-state index in [4.69, 9.17) is 0 Å². The van der Waals surface area contributed by atoms with Gasteiger partial charge in [-0.05, 0) is 60.5 Å². The standard InChI is InChI=1S/C23H26N2O.ClH/c26-23(15-9-11-24-12-10-15)25-14-16-13-21-17-5-1-3-7-19(17)22(16)20-8-4-2-6-18(20)21;/h1-8,15-16,21-22,24H,9-14H2,(H,25,26);1H. The van der Waals surface area contributed by atoms with Gasteiger partial charge in [-0.1, -0.05) is 48.5 Å². The number of nitrogens with one attached hydrogen (secondary N) is 2. The molecule has 0 saturated carbocycles. The van der Waals surface area contributed by atoms with Gasteiger partial charge < -0.3 is 10.6 Å². The first-order valence-corrected chi connectivity index (χ1v) is 9.99. The first-order valence-electron chi connectivity index (χ1n) is 9.99. The molecular formula is C23H27ClN2O. The number of carbonyl (C=O) groups is 1. The van der Waals surface area contributed by atoms with E-state index in [-0.39, 0.29) is 24.2 Å². The van der Waals surface area contributed by atoms with Crippen LogP contribution >= 0.6 is 12.4 Å². The molecule has 27 heavy (non-hydrogen) atoms. The Hall–Kier alpha value is -1.84. The lowest BCUT2D eigenvalue weighted by Crippen LogP contribution is -2.43. The molecule has 0 spiro atoms. The van der Waals surface area contributed by atoms with E-state index in [0.717, 1.165) is 38.9 Å². The molecule has 3 aliphatic carbocycles. The lowest BCUT2D eigenvalue weighted by molar-refractivity contribution is -0.126. The van der Waals surface area contributed by atoms with Gasteiger partial charge in [0.15, 0.2) is 0 Å². The maximum absolute atomic E-state index is 12.6. The second-order valence-electron chi connectivity index (χ2n) is 8.05. The topological polar surface area (TPSA) is 41.1 Å². The van der Waals surface area contributed by atoms with Crippen LogP contribution in [0, 0.1) is 11.8 Å². The molecule has 6 rings (SSSR count). The summed E-state index contributed by atoms with van der Waals surface area (Å²) in [4.78, 5) is 12.6. The van der Waals surface area contributed by atoms with Crippen molar-refractivity contribution in [2.45, 2.75) is 31.1 Å². The second-order valence-corrected chi connectivity index (χ2v) is 8.05. The van der Waals surface area contributed by atoms with Crippen LogP contribution in [0.15, 0.2) is 48.5 Å². The zero-order chi connectivity index (χ0) is 17.5. The van der Waals surface area contributed by atoms with Gasteiger partial charge in [-0.2, -0.15) is 0 Å². The average molecular weight is 383 g/mol. The molecule has 1 atom stereocenters. The molecule has 4 aliphatic rings. The van der Waals surface area contributed by atoms with E-state index in [2.05, 4.69) is 59.2 Å². The fourth-order valence-electron chi connectivity index (χ4n) is 5.42. The molecule has 1 saturated heterocycles. The number of fused-ring (bicyclic) bond motifs is 1. The van der Waals surface area contributed by atoms with Crippen molar-refractivity contribution in [3.63, 3.8) is 0 Å². The third kappa shape index (κ3) is 3.17. The highest BCUT2D eigenvalue weighted by atomic mass is 35.5. The van der Waals surface area contributed by atoms with Crippen molar-refractivity contribution in [2.75, 3.05) is 19.6 Å². The molecule has 2 bridgehead atoms. The normalized spacial score (nSPS) is 25.9. The van der Waals surface area contributed by atoms with E-state index in [1.807, 2.05) is 0 Å². The van der Waals surface area contributed by atoms with Crippen LogP contribution in [-0.2, 0) is 4.79 Å². The van der Waals surface area contributed by atoms with E-state index in [9.17, 15) is 4.79 Å². The molecule has 1 amide bonds. The zero-order valence-corrected chi connectivity index (χ0v) is 16.3. The van der Waals surface area contributed by atoms with Gasteiger partial charge in [0.2, 0.25) is 5.91 Å². The summed E-state index contributed by atoms with van der Waals surface area (Å²) in [6.45, 7) is 2.73. The van der Waals surface area contributed by atoms with E-state index >= 15 is 0 Å². The number of piperidine rings is 1. The Kier molecular flexibility index (Phi) is 5.25. The molecule has 2 aromatic rings. The van der Waals surface area contributed by atoms with E-state index < -0.39 is 0 Å². The molecule has 0 aromatic heterocycles. The summed E-state index contributed by atoms with van der Waals surface area (Å²) >= 11 is 0. The highest BCUT2D eigenvalue weighted by Crippen LogP contribution is 2.55. The quantitative estimate of drug-likeness (QED) is 0.847. The third-order valence-corrected chi connectivity index (χ3v) is 6.67. The van der Waals surface area contributed by atoms with Crippen LogP contribution in [0.2, 0.25) is 0 Å². The van der Waals surface area contributed by atoms with Gasteiger partial charge in [0, 0.05) is 24.3 Å². The minimum absolute atomic E-state index is 0. The van der Waals surface area contributed by atoms with Crippen LogP contribution < -0.4 is 10.6 Å². The molecule has 3 nitrogen and oxygen atoms in total. The molecule has 0 radical (unpaired) electrons. The fourth-order valence-corrected chi connectivity index (χ4v) is 5.42. The summed E-state index contributed by atoms with van der Waals surface area (Å²) in [7, 11) is 0. The summed E-state index contributed by atoms with van der Waals surface area (Å²) in [5, 5.41) is 6.64. The molecule has 2 aromatic carbocycles. The van der Waals surface area contributed by atoms with Crippen molar-refractivity contribution >= 4 is 18.3 Å². The van der Waals surface area contributed by atoms with Gasteiger partial charge >= 0.3 is 0 Å². The van der Waals surface area contributed by atoms with Crippen LogP contribution in [-0.4, -0.2) is 25.5 Å². The number of benzene rings is 2. The van der Waals surface area contributed by atoms with Gasteiger partial charge in [0.05, 0.1) is 0 Å². The van der Waals surface area contributed by atoms with Crippen LogP contribution in [0.1, 0.15) is 53.4 Å². The second kappa shape index (κ2) is 7.65. The number of rotatable bonds is 3. The number of hydrogen-bond acceptors (Lipinski definition) is 2. The van der Waals surface area contributed by atoms with Crippen LogP contribution in [0.25, 0.3) is 0 Å². The predicted octanol–water partition coefficient (Wildman–Crippen LogP) is 3.82. The molecule has 1 fully saturated rings. The van der Waals surface area contributed by atoms with Crippen molar-refractivity contribution in [1.82, 2.24) is 10.6 Å². The van der Waals surface area contributed by atoms with Gasteiger partial charge in [0.25, 0.3) is 0 Å². The minimum Gasteiger partial charge on any atom is -0.356 e. The smallest absolute Gasteiger partial charge is 0.223 e. The minimum atomic E-state index is 0. The van der Waals surface area contributed by atoms with Gasteiger partial charge in [-0.25, -0.2) is 0 Å². The lowest BCUT2D eigenvalue weighted by Gasteiger charge is -2.45. The first kappa shape index (κ1) is 18.5. The van der Waals surface area contributed by atoms with Crippen molar-refractivity contribution in [3.8, 4) is 0 Å². The van der Waals surface area contributed by atoms with Crippen molar-refractivity contribution < 1.29 is 4.79 Å². The SMILES string of the molecule is Cl.O=C(NCC1CC2c3ccccc3C1c1ccccc12)C1CCNCC1. The Morgan fingerprint density at radius 1 is 0.926 bits per heavy atom. The van der Waals surface area contributed by atoms with Crippen molar-refractivity contribution in [1.29, 1.82) is 0 Å². The van der Waals surface area contributed by atoms with Crippen molar-refractivity contribution in [2.24, 2.45) is 11.8 Å². The Bertz CT molecular complexity index is 783. The summed E-state index contributed by atoms with van der Waals surface area (Å²) in [5.41, 5.74) is 5.95. The number of amides is 1. The molecule has 4 heteroatoms. The molecule has 1 heterocycles. The first-order chi connectivity index (χ1) is 12.8. The van der Waals surface area contributed by atoms with Crippen LogP contribution in [0.3, 0.4) is 0 Å². The Balaban J connectivity index is 0.00000180. The highest BCUT2D eigenvalue weighted by molar-refractivity contribution is 5.85. The fraction of sp³-hybridized carbons (Fsp3) is 0.435. The zero-order valence-electron chi connectivity index (χ0n) is 15.5. The third-order valence-electron chi connectivity index (χ3n) is 6.67. The van der Waals surface area contributed by atoms with E-state index in [0.29, 0.717) is 17.8 Å². The summed E-state index contributed by atoms with van der Waals surface area (Å²) in [5.74, 6) is 1.84. The average Bonchev–Trinajstić information content (AvgIpc) is 2.73. The number of hydrogen-bond donors (Lipinski definition) is 2. The van der Waals surface area contributed by atoms with E-state index in [1.54, 1.807) is 0 Å². The summed E-state index contributed by atoms with van der Waals surface area (Å²) in [6.07, 6.45) is 3.08. The van der Waals surface area contributed by atoms with Gasteiger partial charge in [0.1, 0.15) is 0 Å². The molecule has 1 aliphatic heterocycles. The monoisotopic (exact) mass is 382 g/mol. The van der Waals surface area contributed by atoms with Gasteiger partial charge in [-0.3, -0.25) is 4.79 Å². The van der Waals surface area contributed by atoms with E-state index in [1.165, 1.54) is 22.3 Å². The number of carbonyl (C=O) groups excluding carboxylic acids is 1. The maximum atomic E-state index is 12.6. The highest BCUT2D eigenvalue weighted by Gasteiger charge is 2.43. The van der Waals surface area contributed by atoms with Crippen LogP contribution in [0.4, 0.5) is 0 Å². The molecule has 2 N–H and O–H groups in total.